The molecule has 2 aliphatic rings. The smallest absolute Gasteiger partial charge is 0.129 e. The summed E-state index contributed by atoms with van der Waals surface area (Å²) in [6.07, 6.45) is 5.46. The van der Waals surface area contributed by atoms with Crippen molar-refractivity contribution < 1.29 is 0 Å². The number of pyridine rings is 1. The van der Waals surface area contributed by atoms with E-state index in [2.05, 4.69) is 22.4 Å². The van der Waals surface area contributed by atoms with Crippen molar-refractivity contribution in [2.75, 3.05) is 13.1 Å². The van der Waals surface area contributed by atoms with Crippen molar-refractivity contribution in [3.05, 3.63) is 35.1 Å². The summed E-state index contributed by atoms with van der Waals surface area (Å²) >= 11 is 5.77. The normalized spacial score (nSPS) is 29.0. The van der Waals surface area contributed by atoms with E-state index in [9.17, 15) is 0 Å². The van der Waals surface area contributed by atoms with Crippen molar-refractivity contribution in [3.8, 4) is 0 Å². The van der Waals surface area contributed by atoms with Gasteiger partial charge in [0.1, 0.15) is 5.15 Å². The van der Waals surface area contributed by atoms with Crippen molar-refractivity contribution in [1.82, 2.24) is 10.3 Å². The van der Waals surface area contributed by atoms with Crippen LogP contribution in [0.25, 0.3) is 5.57 Å². The molecule has 2 heterocycles. The van der Waals surface area contributed by atoms with Gasteiger partial charge in [0.2, 0.25) is 0 Å². The zero-order valence-corrected chi connectivity index (χ0v) is 9.17. The molecule has 0 unspecified atom stereocenters. The summed E-state index contributed by atoms with van der Waals surface area (Å²) in [5.41, 5.74) is 2.67. The number of halogens is 1. The van der Waals surface area contributed by atoms with Crippen LogP contribution in [0.3, 0.4) is 0 Å². The second-order valence-electron chi connectivity index (χ2n) is 4.35. The molecule has 3 rings (SSSR count). The first-order valence-corrected chi connectivity index (χ1v) is 5.74. The molecule has 0 spiro atoms. The second-order valence-corrected chi connectivity index (χ2v) is 4.74. The minimum absolute atomic E-state index is 0.569. The average molecular weight is 221 g/mol. The highest BCUT2D eigenvalue weighted by Gasteiger charge is 2.31. The molecule has 1 fully saturated rings. The molecule has 1 N–H and O–H groups in total. The maximum Gasteiger partial charge on any atom is 0.129 e. The van der Waals surface area contributed by atoms with Gasteiger partial charge in [0.25, 0.3) is 0 Å². The van der Waals surface area contributed by atoms with Crippen LogP contribution in [-0.4, -0.2) is 18.1 Å². The Hall–Kier alpha value is -0.860. The number of hydrogen-bond donors (Lipinski definition) is 1. The van der Waals surface area contributed by atoms with Gasteiger partial charge in [-0.3, -0.25) is 0 Å². The lowest BCUT2D eigenvalue weighted by Gasteiger charge is -2.06. The average Bonchev–Trinajstić information content (AvgIpc) is 2.78. The van der Waals surface area contributed by atoms with Crippen LogP contribution in [0.2, 0.25) is 5.15 Å². The minimum atomic E-state index is 0.569. The van der Waals surface area contributed by atoms with Gasteiger partial charge in [0, 0.05) is 12.7 Å². The Morgan fingerprint density at radius 2 is 2.27 bits per heavy atom. The van der Waals surface area contributed by atoms with Crippen LogP contribution in [0.5, 0.6) is 0 Å². The Labute approximate surface area is 94.4 Å². The molecule has 78 valence electrons. The monoisotopic (exact) mass is 220 g/mol. The molecule has 1 aromatic rings. The molecular weight excluding hydrogens is 208 g/mol. The molecule has 1 aliphatic carbocycles. The van der Waals surface area contributed by atoms with E-state index in [1.54, 1.807) is 0 Å². The van der Waals surface area contributed by atoms with Crippen LogP contribution >= 0.6 is 11.6 Å². The first-order chi connectivity index (χ1) is 7.33. The van der Waals surface area contributed by atoms with Gasteiger partial charge in [-0.25, -0.2) is 4.98 Å². The van der Waals surface area contributed by atoms with E-state index in [0.717, 1.165) is 24.9 Å². The third-order valence-corrected chi connectivity index (χ3v) is 3.61. The number of nitrogens with zero attached hydrogens (tertiary/aromatic N) is 1. The summed E-state index contributed by atoms with van der Waals surface area (Å²) in [5, 5.41) is 3.99. The Balaban J connectivity index is 1.87. The first kappa shape index (κ1) is 9.37. The van der Waals surface area contributed by atoms with Crippen molar-refractivity contribution in [2.45, 2.75) is 6.42 Å². The molecule has 2 nitrogen and oxygen atoms in total. The highest BCUT2D eigenvalue weighted by Crippen LogP contribution is 2.37. The van der Waals surface area contributed by atoms with Crippen LogP contribution in [0.15, 0.2) is 24.4 Å². The molecule has 1 aromatic heterocycles. The van der Waals surface area contributed by atoms with Crippen LogP contribution in [-0.2, 0) is 0 Å². The molecule has 2 atom stereocenters. The maximum atomic E-state index is 5.77. The van der Waals surface area contributed by atoms with Crippen molar-refractivity contribution in [2.24, 2.45) is 11.8 Å². The number of rotatable bonds is 1. The molecule has 0 amide bonds. The van der Waals surface area contributed by atoms with E-state index >= 15 is 0 Å². The van der Waals surface area contributed by atoms with Gasteiger partial charge in [0.05, 0.1) is 0 Å². The van der Waals surface area contributed by atoms with Gasteiger partial charge < -0.3 is 5.32 Å². The van der Waals surface area contributed by atoms with Gasteiger partial charge in [-0.15, -0.1) is 0 Å². The molecule has 0 saturated carbocycles. The summed E-state index contributed by atoms with van der Waals surface area (Å²) in [6, 6.07) is 3.93. The number of fused-ring (bicyclic) bond motifs is 1. The van der Waals surface area contributed by atoms with Crippen molar-refractivity contribution >= 4 is 17.2 Å². The van der Waals surface area contributed by atoms with E-state index in [4.69, 9.17) is 11.6 Å². The minimum Gasteiger partial charge on any atom is -0.316 e. The molecule has 0 radical (unpaired) electrons. The SMILES string of the molecule is Clc1ccc(C2=C[C@H]3CNC[C@H]3C2)cn1. The van der Waals surface area contributed by atoms with Crippen LogP contribution < -0.4 is 5.32 Å². The van der Waals surface area contributed by atoms with E-state index in [-0.39, 0.29) is 0 Å². The zero-order chi connectivity index (χ0) is 10.3. The molecule has 0 aromatic carbocycles. The summed E-state index contributed by atoms with van der Waals surface area (Å²) in [4.78, 5) is 4.13. The fourth-order valence-corrected chi connectivity index (χ4v) is 2.67. The topological polar surface area (TPSA) is 24.9 Å². The lowest BCUT2D eigenvalue weighted by molar-refractivity contribution is 0.536. The van der Waals surface area contributed by atoms with E-state index in [0.29, 0.717) is 5.15 Å². The summed E-state index contributed by atoms with van der Waals surface area (Å²) < 4.78 is 0. The number of allylic oxidation sites excluding steroid dienone is 1. The predicted octanol–water partition coefficient (Wildman–Crippen LogP) is 2.36. The van der Waals surface area contributed by atoms with E-state index in [1.807, 2.05) is 12.3 Å². The highest BCUT2D eigenvalue weighted by atomic mass is 35.5. The van der Waals surface area contributed by atoms with Crippen LogP contribution in [0, 0.1) is 11.8 Å². The fraction of sp³-hybridized carbons (Fsp3) is 0.417. The lowest BCUT2D eigenvalue weighted by Crippen LogP contribution is -2.09. The second kappa shape index (κ2) is 3.62. The zero-order valence-electron chi connectivity index (χ0n) is 8.41. The quantitative estimate of drug-likeness (QED) is 0.735. The van der Waals surface area contributed by atoms with Gasteiger partial charge >= 0.3 is 0 Å². The van der Waals surface area contributed by atoms with Crippen LogP contribution in [0.4, 0.5) is 0 Å². The Morgan fingerprint density at radius 1 is 1.33 bits per heavy atom. The molecule has 0 bridgehead atoms. The first-order valence-electron chi connectivity index (χ1n) is 5.36. The summed E-state index contributed by atoms with van der Waals surface area (Å²) in [7, 11) is 0. The molecule has 3 heteroatoms. The van der Waals surface area contributed by atoms with Crippen LogP contribution in [0.1, 0.15) is 12.0 Å². The van der Waals surface area contributed by atoms with Gasteiger partial charge in [-0.05, 0) is 42.0 Å². The van der Waals surface area contributed by atoms with E-state index in [1.165, 1.54) is 17.6 Å². The van der Waals surface area contributed by atoms with Gasteiger partial charge in [0.15, 0.2) is 0 Å². The summed E-state index contributed by atoms with van der Waals surface area (Å²) in [6.45, 7) is 2.29. The molecular formula is C12H13ClN2. The van der Waals surface area contributed by atoms with Gasteiger partial charge in [-0.2, -0.15) is 0 Å². The Kier molecular flexibility index (Phi) is 2.26. The lowest BCUT2D eigenvalue weighted by atomic mass is 9.99. The van der Waals surface area contributed by atoms with E-state index < -0.39 is 0 Å². The number of aromatic nitrogens is 1. The predicted molar refractivity (Wildman–Crippen MR) is 61.7 cm³/mol. The van der Waals surface area contributed by atoms with Crippen molar-refractivity contribution in [1.29, 1.82) is 0 Å². The summed E-state index contributed by atoms with van der Waals surface area (Å²) in [5.74, 6) is 1.53. The standard InChI is InChI=1S/C12H13ClN2/c13-12-2-1-8(7-15-12)9-3-10-5-14-6-11(10)4-9/h1-3,7,10-11,14H,4-6H2/t10-,11+/m0/s1. The molecule has 1 saturated heterocycles. The Morgan fingerprint density at radius 3 is 3.00 bits per heavy atom. The molecule has 15 heavy (non-hydrogen) atoms. The third-order valence-electron chi connectivity index (χ3n) is 3.39. The maximum absolute atomic E-state index is 5.77. The molecule has 1 aliphatic heterocycles. The van der Waals surface area contributed by atoms with Crippen molar-refractivity contribution in [3.63, 3.8) is 0 Å². The largest absolute Gasteiger partial charge is 0.316 e. The number of nitrogens with one attached hydrogen (secondary N) is 1. The third kappa shape index (κ3) is 1.68. The number of hydrogen-bond acceptors (Lipinski definition) is 2. The Bertz CT molecular complexity index is 397. The highest BCUT2D eigenvalue weighted by molar-refractivity contribution is 6.29. The van der Waals surface area contributed by atoms with Gasteiger partial charge in [-0.1, -0.05) is 23.7 Å². The fourth-order valence-electron chi connectivity index (χ4n) is 2.56.